The molecule has 25 heavy (non-hydrogen) atoms. The fourth-order valence-electron chi connectivity index (χ4n) is 3.05. The van der Waals surface area contributed by atoms with Crippen molar-refractivity contribution in [1.29, 1.82) is 0 Å². The molecule has 0 radical (unpaired) electrons. The van der Waals surface area contributed by atoms with E-state index in [1.165, 1.54) is 6.92 Å². The number of sulfonamides is 1. The zero-order valence-electron chi connectivity index (χ0n) is 14.6. The van der Waals surface area contributed by atoms with Crippen LogP contribution in [-0.2, 0) is 21.2 Å². The van der Waals surface area contributed by atoms with Crippen molar-refractivity contribution >= 4 is 27.3 Å². The molecule has 1 aliphatic rings. The summed E-state index contributed by atoms with van der Waals surface area (Å²) in [4.78, 5) is 13.5. The van der Waals surface area contributed by atoms with Gasteiger partial charge in [0.25, 0.3) is 10.0 Å². The predicted octanol–water partition coefficient (Wildman–Crippen LogP) is 3.52. The minimum Gasteiger partial charge on any atom is -0.312 e. The van der Waals surface area contributed by atoms with Crippen LogP contribution in [0.15, 0.2) is 47.4 Å². The van der Waals surface area contributed by atoms with E-state index in [-0.39, 0.29) is 10.8 Å². The number of fused-ring (bicyclic) bond motifs is 1. The lowest BCUT2D eigenvalue weighted by Crippen LogP contribution is -2.25. The van der Waals surface area contributed by atoms with Gasteiger partial charge in [-0.25, -0.2) is 8.42 Å². The van der Waals surface area contributed by atoms with Gasteiger partial charge in [-0.2, -0.15) is 0 Å². The number of rotatable bonds is 4. The highest BCUT2D eigenvalue weighted by atomic mass is 32.2. The van der Waals surface area contributed by atoms with Crippen molar-refractivity contribution < 1.29 is 13.2 Å². The molecule has 0 fully saturated rings. The first-order valence-electron chi connectivity index (χ1n) is 8.32. The van der Waals surface area contributed by atoms with Crippen LogP contribution in [0.5, 0.6) is 0 Å². The van der Waals surface area contributed by atoms with Gasteiger partial charge in [-0.1, -0.05) is 26.0 Å². The fourth-order valence-corrected chi connectivity index (χ4v) is 4.15. The molecule has 0 saturated carbocycles. The maximum Gasteiger partial charge on any atom is 0.261 e. The van der Waals surface area contributed by atoms with Gasteiger partial charge >= 0.3 is 0 Å². The van der Waals surface area contributed by atoms with Gasteiger partial charge in [-0.15, -0.1) is 0 Å². The second-order valence-electron chi connectivity index (χ2n) is 6.60. The largest absolute Gasteiger partial charge is 0.312 e. The highest BCUT2D eigenvalue weighted by Crippen LogP contribution is 2.31. The van der Waals surface area contributed by atoms with Crippen molar-refractivity contribution in [3.63, 3.8) is 0 Å². The Labute approximate surface area is 148 Å². The topological polar surface area (TPSA) is 66.5 Å². The molecule has 1 aliphatic heterocycles. The SMILES string of the molecule is CC(=O)N1CCc2cc(S(=O)(=O)Nc3cccc(C(C)C)c3)ccc21. The number of anilines is 2. The molecule has 0 bridgehead atoms. The first kappa shape index (κ1) is 17.5. The third-order valence-corrected chi connectivity index (χ3v) is 5.82. The lowest BCUT2D eigenvalue weighted by molar-refractivity contribution is -0.116. The summed E-state index contributed by atoms with van der Waals surface area (Å²) >= 11 is 0. The van der Waals surface area contributed by atoms with Gasteiger partial charge in [0.2, 0.25) is 5.91 Å². The molecule has 0 atom stereocenters. The maximum atomic E-state index is 12.7. The number of amides is 1. The van der Waals surface area contributed by atoms with Crippen LogP contribution in [0.3, 0.4) is 0 Å². The summed E-state index contributed by atoms with van der Waals surface area (Å²) in [6.45, 7) is 6.24. The molecule has 0 unspecified atom stereocenters. The summed E-state index contributed by atoms with van der Waals surface area (Å²) in [6, 6.07) is 12.3. The van der Waals surface area contributed by atoms with Crippen LogP contribution in [0.2, 0.25) is 0 Å². The lowest BCUT2D eigenvalue weighted by Gasteiger charge is -2.15. The molecule has 0 saturated heterocycles. The Morgan fingerprint density at radius 3 is 2.60 bits per heavy atom. The minimum atomic E-state index is -3.67. The molecule has 0 aromatic heterocycles. The first-order valence-corrected chi connectivity index (χ1v) is 9.80. The molecule has 5 nitrogen and oxygen atoms in total. The third-order valence-electron chi connectivity index (χ3n) is 4.44. The molecular weight excluding hydrogens is 336 g/mol. The van der Waals surface area contributed by atoms with Gasteiger partial charge in [-0.05, 0) is 53.8 Å². The van der Waals surface area contributed by atoms with Crippen LogP contribution in [0.1, 0.15) is 37.8 Å². The van der Waals surface area contributed by atoms with E-state index in [0.29, 0.717) is 24.6 Å². The molecule has 0 aliphatic carbocycles. The van der Waals surface area contributed by atoms with E-state index in [0.717, 1.165) is 16.8 Å². The Bertz CT molecular complexity index is 920. The average Bonchev–Trinajstić information content (AvgIpc) is 2.98. The van der Waals surface area contributed by atoms with Crippen molar-refractivity contribution in [1.82, 2.24) is 0 Å². The minimum absolute atomic E-state index is 0.0296. The first-order chi connectivity index (χ1) is 11.8. The molecule has 1 amide bonds. The Hall–Kier alpha value is -2.34. The van der Waals surface area contributed by atoms with Crippen LogP contribution >= 0.6 is 0 Å². The molecule has 2 aromatic rings. The van der Waals surface area contributed by atoms with E-state index in [1.807, 2.05) is 18.2 Å². The second kappa shape index (κ2) is 6.52. The second-order valence-corrected chi connectivity index (χ2v) is 8.28. The maximum absolute atomic E-state index is 12.7. The van der Waals surface area contributed by atoms with E-state index in [4.69, 9.17) is 0 Å². The van der Waals surface area contributed by atoms with E-state index in [9.17, 15) is 13.2 Å². The highest BCUT2D eigenvalue weighted by molar-refractivity contribution is 7.92. The summed E-state index contributed by atoms with van der Waals surface area (Å²) in [7, 11) is -3.67. The Morgan fingerprint density at radius 1 is 1.16 bits per heavy atom. The molecule has 2 aromatic carbocycles. The van der Waals surface area contributed by atoms with Crippen LogP contribution in [0.25, 0.3) is 0 Å². The molecule has 0 spiro atoms. The van der Waals surface area contributed by atoms with E-state index in [1.54, 1.807) is 29.2 Å². The standard InChI is InChI=1S/C19H22N2O3S/c1-13(2)15-5-4-6-17(11-15)20-25(23,24)18-7-8-19-16(12-18)9-10-21(19)14(3)22/h4-8,11-13,20H,9-10H2,1-3H3. The van der Waals surface area contributed by atoms with Crippen molar-refractivity contribution in [3.05, 3.63) is 53.6 Å². The number of carbonyl (C=O) groups excluding carboxylic acids is 1. The number of nitrogens with one attached hydrogen (secondary N) is 1. The van der Waals surface area contributed by atoms with E-state index < -0.39 is 10.0 Å². The summed E-state index contributed by atoms with van der Waals surface area (Å²) in [5.41, 5.74) is 3.31. The van der Waals surface area contributed by atoms with Gasteiger partial charge in [-0.3, -0.25) is 9.52 Å². The number of hydrogen-bond acceptors (Lipinski definition) is 3. The Morgan fingerprint density at radius 2 is 1.92 bits per heavy atom. The van der Waals surface area contributed by atoms with Gasteiger partial charge in [0.15, 0.2) is 0 Å². The predicted molar refractivity (Wildman–Crippen MR) is 99.5 cm³/mol. The molecule has 1 heterocycles. The Balaban J connectivity index is 1.89. The quantitative estimate of drug-likeness (QED) is 0.909. The van der Waals surface area contributed by atoms with Gasteiger partial charge in [0.05, 0.1) is 4.90 Å². The van der Waals surface area contributed by atoms with Crippen LogP contribution in [0.4, 0.5) is 11.4 Å². The monoisotopic (exact) mass is 358 g/mol. The Kier molecular flexibility index (Phi) is 4.56. The summed E-state index contributed by atoms with van der Waals surface area (Å²) in [6.07, 6.45) is 0.668. The normalized spacial score (nSPS) is 13.8. The van der Waals surface area contributed by atoms with Crippen LogP contribution < -0.4 is 9.62 Å². The molecular formula is C19H22N2O3S. The summed E-state index contributed by atoms with van der Waals surface area (Å²) < 4.78 is 28.1. The number of carbonyl (C=O) groups is 1. The fraction of sp³-hybridized carbons (Fsp3) is 0.316. The lowest BCUT2D eigenvalue weighted by atomic mass is 10.0. The third kappa shape index (κ3) is 3.54. The molecule has 3 rings (SSSR count). The number of nitrogens with zero attached hydrogens (tertiary/aromatic N) is 1. The van der Waals surface area contributed by atoms with Crippen molar-refractivity contribution in [2.75, 3.05) is 16.2 Å². The number of benzene rings is 2. The molecule has 1 N–H and O–H groups in total. The molecule has 6 heteroatoms. The smallest absolute Gasteiger partial charge is 0.261 e. The molecule has 132 valence electrons. The summed E-state index contributed by atoms with van der Waals surface area (Å²) in [5.74, 6) is 0.292. The van der Waals surface area contributed by atoms with Crippen molar-refractivity contribution in [2.45, 2.75) is 38.0 Å². The van der Waals surface area contributed by atoms with Crippen LogP contribution in [0, 0.1) is 0 Å². The summed E-state index contributed by atoms with van der Waals surface area (Å²) in [5, 5.41) is 0. The zero-order chi connectivity index (χ0) is 18.2. The highest BCUT2D eigenvalue weighted by Gasteiger charge is 2.24. The van der Waals surface area contributed by atoms with E-state index >= 15 is 0 Å². The van der Waals surface area contributed by atoms with Gasteiger partial charge < -0.3 is 4.90 Å². The average molecular weight is 358 g/mol. The van der Waals surface area contributed by atoms with Crippen LogP contribution in [-0.4, -0.2) is 20.9 Å². The zero-order valence-corrected chi connectivity index (χ0v) is 15.4. The van der Waals surface area contributed by atoms with Crippen molar-refractivity contribution in [3.8, 4) is 0 Å². The van der Waals surface area contributed by atoms with Gasteiger partial charge in [0, 0.05) is 24.8 Å². The van der Waals surface area contributed by atoms with Crippen molar-refractivity contribution in [2.24, 2.45) is 0 Å². The van der Waals surface area contributed by atoms with E-state index in [2.05, 4.69) is 18.6 Å². The number of hydrogen-bond donors (Lipinski definition) is 1. The van der Waals surface area contributed by atoms with Gasteiger partial charge in [0.1, 0.15) is 0 Å².